The number of hydrogen-bond acceptors (Lipinski definition) is 4. The predicted octanol–water partition coefficient (Wildman–Crippen LogP) is 3.99. The summed E-state index contributed by atoms with van der Waals surface area (Å²) in [6.07, 6.45) is -0.540. The van der Waals surface area contributed by atoms with E-state index in [1.807, 2.05) is 24.3 Å². The molecule has 1 heterocycles. The van der Waals surface area contributed by atoms with E-state index in [0.29, 0.717) is 6.54 Å². The molecule has 1 N–H and O–H groups in total. The first-order valence-electron chi connectivity index (χ1n) is 10.4. The van der Waals surface area contributed by atoms with Crippen molar-refractivity contribution in [2.45, 2.75) is 39.2 Å². The second-order valence-electron chi connectivity index (χ2n) is 8.98. The summed E-state index contributed by atoms with van der Waals surface area (Å²) in [4.78, 5) is 4.51. The maximum atomic E-state index is 13.1. The number of benzene rings is 2. The molecule has 1 saturated heterocycles. The van der Waals surface area contributed by atoms with Gasteiger partial charge in [-0.15, -0.1) is 0 Å². The first-order chi connectivity index (χ1) is 13.7. The van der Waals surface area contributed by atoms with Crippen LogP contribution in [0.3, 0.4) is 0 Å². The Bertz CT molecular complexity index is 794. The first kappa shape index (κ1) is 21.6. The summed E-state index contributed by atoms with van der Waals surface area (Å²) in [5, 5.41) is 10.5. The number of hydrogen-bond donors (Lipinski definition) is 1. The number of anilines is 1. The van der Waals surface area contributed by atoms with Gasteiger partial charge in [-0.1, -0.05) is 38.5 Å². The van der Waals surface area contributed by atoms with Crippen LogP contribution in [-0.4, -0.2) is 55.4 Å². The van der Waals surface area contributed by atoms with Gasteiger partial charge in [-0.05, 0) is 48.2 Å². The predicted molar refractivity (Wildman–Crippen MR) is 116 cm³/mol. The van der Waals surface area contributed by atoms with E-state index < -0.39 is 6.10 Å². The second-order valence-corrected chi connectivity index (χ2v) is 8.98. The zero-order valence-corrected chi connectivity index (χ0v) is 18.0. The molecule has 0 saturated carbocycles. The summed E-state index contributed by atoms with van der Waals surface area (Å²) in [6, 6.07) is 12.9. The number of aliphatic hydroxyl groups excluding tert-OH is 1. The molecule has 1 aliphatic heterocycles. The Morgan fingerprint density at radius 1 is 1.03 bits per heavy atom. The third-order valence-electron chi connectivity index (χ3n) is 5.41. The molecule has 4 nitrogen and oxygen atoms in total. The Morgan fingerprint density at radius 2 is 1.69 bits per heavy atom. The molecule has 0 amide bonds. The Hall–Kier alpha value is -2.11. The van der Waals surface area contributed by atoms with Crippen molar-refractivity contribution >= 4 is 5.69 Å². The van der Waals surface area contributed by atoms with Gasteiger partial charge < -0.3 is 14.7 Å². The van der Waals surface area contributed by atoms with Gasteiger partial charge in [0.15, 0.2) is 0 Å². The molecular formula is C24H33FN2O2. The largest absolute Gasteiger partial charge is 0.491 e. The van der Waals surface area contributed by atoms with Crippen molar-refractivity contribution < 1.29 is 14.2 Å². The molecule has 1 aliphatic rings. The molecule has 2 aromatic rings. The highest BCUT2D eigenvalue weighted by molar-refractivity contribution is 5.46. The summed E-state index contributed by atoms with van der Waals surface area (Å²) < 4.78 is 19.1. The maximum absolute atomic E-state index is 13.1. The van der Waals surface area contributed by atoms with Crippen molar-refractivity contribution in [3.05, 3.63) is 59.4 Å². The topological polar surface area (TPSA) is 35.9 Å². The Balaban J connectivity index is 1.49. The van der Waals surface area contributed by atoms with Crippen molar-refractivity contribution in [3.8, 4) is 5.75 Å². The fourth-order valence-corrected chi connectivity index (χ4v) is 3.73. The molecule has 0 spiro atoms. The molecule has 5 heteroatoms. The van der Waals surface area contributed by atoms with Gasteiger partial charge in [0.25, 0.3) is 0 Å². The molecule has 29 heavy (non-hydrogen) atoms. The number of β-amino-alcohol motifs (C(OH)–C–C–N with tert-alkyl or cyclic N) is 1. The van der Waals surface area contributed by atoms with E-state index in [2.05, 4.69) is 43.6 Å². The molecule has 0 aliphatic carbocycles. The average molecular weight is 401 g/mol. The fraction of sp³-hybridized carbons (Fsp3) is 0.500. The minimum Gasteiger partial charge on any atom is -0.491 e. The highest BCUT2D eigenvalue weighted by Crippen LogP contribution is 2.32. The molecule has 158 valence electrons. The Morgan fingerprint density at radius 3 is 2.31 bits per heavy atom. The minimum atomic E-state index is -0.540. The quantitative estimate of drug-likeness (QED) is 0.795. The third-order valence-corrected chi connectivity index (χ3v) is 5.41. The van der Waals surface area contributed by atoms with Crippen LogP contribution in [0.2, 0.25) is 0 Å². The molecular weight excluding hydrogens is 367 g/mol. The van der Waals surface area contributed by atoms with Crippen molar-refractivity contribution in [1.82, 2.24) is 4.90 Å². The Kier molecular flexibility index (Phi) is 6.81. The first-order valence-corrected chi connectivity index (χ1v) is 10.4. The number of nitrogens with zero attached hydrogens (tertiary/aromatic N) is 2. The summed E-state index contributed by atoms with van der Waals surface area (Å²) in [6.45, 7) is 12.9. The van der Waals surface area contributed by atoms with Crippen LogP contribution in [0.1, 0.15) is 31.9 Å². The smallest absolute Gasteiger partial charge is 0.123 e. The highest BCUT2D eigenvalue weighted by Gasteiger charge is 2.22. The van der Waals surface area contributed by atoms with Gasteiger partial charge in [0.1, 0.15) is 24.3 Å². The Labute approximate surface area is 173 Å². The monoisotopic (exact) mass is 400 g/mol. The average Bonchev–Trinajstić information content (AvgIpc) is 2.67. The van der Waals surface area contributed by atoms with Crippen molar-refractivity contribution in [3.63, 3.8) is 0 Å². The molecule has 0 radical (unpaired) electrons. The van der Waals surface area contributed by atoms with E-state index in [9.17, 15) is 9.50 Å². The van der Waals surface area contributed by atoms with Crippen LogP contribution in [-0.2, 0) is 5.41 Å². The zero-order chi connectivity index (χ0) is 21.0. The number of aliphatic hydroxyl groups is 1. The summed E-state index contributed by atoms with van der Waals surface area (Å²) in [5.74, 6) is 0.641. The third kappa shape index (κ3) is 5.94. The lowest BCUT2D eigenvalue weighted by Crippen LogP contribution is -2.49. The summed E-state index contributed by atoms with van der Waals surface area (Å²) in [7, 11) is 0. The number of halogens is 1. The van der Waals surface area contributed by atoms with E-state index in [1.165, 1.54) is 17.7 Å². The standard InChI is InChI=1S/C24H33FN2O2/c1-18-5-10-23(22(15-18)24(2,3)4)29-17-21(28)16-26-11-13-27(14-12-26)20-8-6-19(25)7-9-20/h5-10,15,21,28H,11-14,16-17H2,1-4H3. The van der Waals surface area contributed by atoms with Gasteiger partial charge in [-0.3, -0.25) is 4.90 Å². The van der Waals surface area contributed by atoms with Crippen LogP contribution >= 0.6 is 0 Å². The van der Waals surface area contributed by atoms with Gasteiger partial charge in [0, 0.05) is 38.4 Å². The van der Waals surface area contributed by atoms with Crippen LogP contribution in [0.5, 0.6) is 5.75 Å². The lowest BCUT2D eigenvalue weighted by atomic mass is 9.85. The van der Waals surface area contributed by atoms with Gasteiger partial charge >= 0.3 is 0 Å². The second kappa shape index (κ2) is 9.14. The van der Waals surface area contributed by atoms with Crippen LogP contribution in [0, 0.1) is 12.7 Å². The summed E-state index contributed by atoms with van der Waals surface area (Å²) >= 11 is 0. The summed E-state index contributed by atoms with van der Waals surface area (Å²) in [5.41, 5.74) is 3.41. The van der Waals surface area contributed by atoms with Crippen molar-refractivity contribution in [2.75, 3.05) is 44.2 Å². The van der Waals surface area contributed by atoms with E-state index in [1.54, 1.807) is 0 Å². The number of rotatable bonds is 6. The highest BCUT2D eigenvalue weighted by atomic mass is 19.1. The van der Waals surface area contributed by atoms with Crippen LogP contribution in [0.15, 0.2) is 42.5 Å². The molecule has 0 aromatic heterocycles. The number of ether oxygens (including phenoxy) is 1. The molecule has 0 bridgehead atoms. The van der Waals surface area contributed by atoms with E-state index in [-0.39, 0.29) is 17.8 Å². The molecule has 1 fully saturated rings. The SMILES string of the molecule is Cc1ccc(OCC(O)CN2CCN(c3ccc(F)cc3)CC2)c(C(C)(C)C)c1. The van der Waals surface area contributed by atoms with Crippen LogP contribution in [0.4, 0.5) is 10.1 Å². The van der Waals surface area contributed by atoms with Gasteiger partial charge in [-0.2, -0.15) is 0 Å². The molecule has 3 rings (SSSR count). The van der Waals surface area contributed by atoms with Gasteiger partial charge in [0.2, 0.25) is 0 Å². The molecule has 1 atom stereocenters. The lowest BCUT2D eigenvalue weighted by molar-refractivity contribution is 0.0656. The minimum absolute atomic E-state index is 0.0109. The van der Waals surface area contributed by atoms with Gasteiger partial charge in [-0.25, -0.2) is 4.39 Å². The number of aryl methyl sites for hydroxylation is 1. The van der Waals surface area contributed by atoms with Crippen molar-refractivity contribution in [1.29, 1.82) is 0 Å². The van der Waals surface area contributed by atoms with E-state index >= 15 is 0 Å². The molecule has 2 aromatic carbocycles. The number of piperazine rings is 1. The fourth-order valence-electron chi connectivity index (χ4n) is 3.73. The van der Waals surface area contributed by atoms with E-state index in [0.717, 1.165) is 43.2 Å². The van der Waals surface area contributed by atoms with Crippen LogP contribution < -0.4 is 9.64 Å². The van der Waals surface area contributed by atoms with Gasteiger partial charge in [0.05, 0.1) is 0 Å². The molecule has 1 unspecified atom stereocenters. The van der Waals surface area contributed by atoms with Crippen LogP contribution in [0.25, 0.3) is 0 Å². The van der Waals surface area contributed by atoms with E-state index in [4.69, 9.17) is 4.74 Å². The maximum Gasteiger partial charge on any atom is 0.123 e. The lowest BCUT2D eigenvalue weighted by Gasteiger charge is -2.37. The normalized spacial score (nSPS) is 16.7. The zero-order valence-electron chi connectivity index (χ0n) is 18.0. The van der Waals surface area contributed by atoms with Crippen molar-refractivity contribution in [2.24, 2.45) is 0 Å².